The number of hydrogen-bond donors (Lipinski definition) is 1. The molecular formula is C34H52ClN3O5Si. The van der Waals surface area contributed by atoms with E-state index in [4.69, 9.17) is 30.5 Å². The molecule has 1 aliphatic heterocycles. The molecule has 1 saturated heterocycles. The summed E-state index contributed by atoms with van der Waals surface area (Å²) in [6.45, 7) is 15.6. The van der Waals surface area contributed by atoms with Gasteiger partial charge in [-0.15, -0.1) is 0 Å². The highest BCUT2D eigenvalue weighted by Gasteiger charge is 2.40. The summed E-state index contributed by atoms with van der Waals surface area (Å²) in [6, 6.07) is 7.99. The van der Waals surface area contributed by atoms with E-state index in [0.29, 0.717) is 50.2 Å². The Morgan fingerprint density at radius 1 is 1.11 bits per heavy atom. The first-order valence-corrected chi connectivity index (χ1v) is 19.7. The monoisotopic (exact) mass is 645 g/mol. The van der Waals surface area contributed by atoms with Gasteiger partial charge in [-0.25, -0.2) is 4.98 Å². The van der Waals surface area contributed by atoms with Crippen LogP contribution >= 0.6 is 11.6 Å². The second kappa shape index (κ2) is 14.9. The number of aromatic hydroxyl groups is 1. The van der Waals surface area contributed by atoms with Crippen molar-refractivity contribution >= 4 is 25.8 Å². The van der Waals surface area contributed by atoms with Gasteiger partial charge >= 0.3 is 0 Å². The molecule has 1 amide bonds. The number of benzene rings is 1. The quantitative estimate of drug-likeness (QED) is 0.176. The molecule has 1 saturated carbocycles. The predicted octanol–water partition coefficient (Wildman–Crippen LogP) is 7.71. The summed E-state index contributed by atoms with van der Waals surface area (Å²) in [7, 11) is -2.01. The minimum Gasteiger partial charge on any atom is -0.491 e. The van der Waals surface area contributed by atoms with Crippen molar-refractivity contribution in [3.8, 4) is 11.6 Å². The van der Waals surface area contributed by atoms with E-state index in [2.05, 4.69) is 57.9 Å². The normalized spacial score (nSPS) is 17.5. The summed E-state index contributed by atoms with van der Waals surface area (Å²) in [4.78, 5) is 25.8. The molecule has 1 N–H and O–H groups in total. The standard InChI is InChI=1S/C34H52ClN3O5Si/c1-7-8-20-42-30-29(32(40)38(27-15-21-41-22-16-27)19-23-43-44(5,6)33(2,3)4)36-28(37-31(30)39)24-34(17-9-10-18-34)25-11-13-26(35)14-12-25/h11-14,27H,7-10,15-24H2,1-6H3,(H,36,37,39). The van der Waals surface area contributed by atoms with Gasteiger partial charge in [0.05, 0.1) is 13.2 Å². The lowest BCUT2D eigenvalue weighted by molar-refractivity contribution is 0.0244. The first kappa shape index (κ1) is 34.7. The van der Waals surface area contributed by atoms with E-state index >= 15 is 0 Å². The Bertz CT molecular complexity index is 1240. The highest BCUT2D eigenvalue weighted by molar-refractivity contribution is 6.74. The van der Waals surface area contributed by atoms with E-state index in [1.807, 2.05) is 17.0 Å². The number of carbonyl (C=O) groups is 1. The molecule has 0 unspecified atom stereocenters. The van der Waals surface area contributed by atoms with E-state index in [-0.39, 0.29) is 39.7 Å². The lowest BCUT2D eigenvalue weighted by atomic mass is 9.76. The number of halogens is 1. The molecule has 2 fully saturated rings. The third-order valence-corrected chi connectivity index (χ3v) is 14.6. The van der Waals surface area contributed by atoms with Crippen molar-refractivity contribution in [1.29, 1.82) is 0 Å². The van der Waals surface area contributed by atoms with E-state index in [0.717, 1.165) is 51.4 Å². The minimum atomic E-state index is -2.01. The summed E-state index contributed by atoms with van der Waals surface area (Å²) in [5.74, 6) is -0.00664. The van der Waals surface area contributed by atoms with E-state index < -0.39 is 8.32 Å². The van der Waals surface area contributed by atoms with Crippen molar-refractivity contribution in [3.63, 3.8) is 0 Å². The van der Waals surface area contributed by atoms with Crippen LogP contribution in [0.4, 0.5) is 0 Å². The number of unbranched alkanes of at least 4 members (excludes halogenated alkanes) is 1. The van der Waals surface area contributed by atoms with Crippen LogP contribution < -0.4 is 4.74 Å². The Morgan fingerprint density at radius 2 is 1.77 bits per heavy atom. The van der Waals surface area contributed by atoms with E-state index in [1.54, 1.807) is 0 Å². The van der Waals surface area contributed by atoms with Gasteiger partial charge in [0.25, 0.3) is 11.8 Å². The summed E-state index contributed by atoms with van der Waals surface area (Å²) in [6.07, 6.45) is 7.87. The number of hydrogen-bond acceptors (Lipinski definition) is 7. The maximum Gasteiger partial charge on any atom is 0.276 e. The average molecular weight is 646 g/mol. The average Bonchev–Trinajstić information content (AvgIpc) is 3.45. The zero-order valence-electron chi connectivity index (χ0n) is 27.6. The van der Waals surface area contributed by atoms with Crippen LogP contribution in [-0.4, -0.2) is 73.2 Å². The maximum atomic E-state index is 14.5. The number of carbonyl (C=O) groups excluding carboxylic acids is 1. The molecule has 2 aliphatic rings. The van der Waals surface area contributed by atoms with E-state index in [9.17, 15) is 9.90 Å². The highest BCUT2D eigenvalue weighted by Crippen LogP contribution is 2.44. The van der Waals surface area contributed by atoms with Crippen molar-refractivity contribution in [2.45, 2.75) is 115 Å². The number of ether oxygens (including phenoxy) is 2. The largest absolute Gasteiger partial charge is 0.491 e. The van der Waals surface area contributed by atoms with Crippen LogP contribution in [0.2, 0.25) is 23.2 Å². The Hall–Kier alpha value is -2.20. The lowest BCUT2D eigenvalue weighted by Crippen LogP contribution is -2.48. The Balaban J connectivity index is 1.69. The summed E-state index contributed by atoms with van der Waals surface area (Å²) < 4.78 is 18.2. The molecule has 244 valence electrons. The van der Waals surface area contributed by atoms with Gasteiger partial charge in [-0.2, -0.15) is 4.98 Å². The summed E-state index contributed by atoms with van der Waals surface area (Å²) >= 11 is 6.22. The molecule has 2 aromatic rings. The van der Waals surface area contributed by atoms with Crippen LogP contribution in [0, 0.1) is 0 Å². The molecule has 1 aromatic heterocycles. The second-order valence-electron chi connectivity index (χ2n) is 14.0. The summed E-state index contributed by atoms with van der Waals surface area (Å²) in [5.41, 5.74) is 1.14. The van der Waals surface area contributed by atoms with Crippen LogP contribution in [0.25, 0.3) is 0 Å². The SMILES string of the molecule is CCCCOc1c(O)nc(CC2(c3ccc(Cl)cc3)CCCC2)nc1C(=O)N(CCO[Si](C)(C)C(C)(C)C)C1CCOCC1. The fourth-order valence-corrected chi connectivity index (χ4v) is 7.24. The lowest BCUT2D eigenvalue weighted by Gasteiger charge is -2.38. The zero-order chi connectivity index (χ0) is 32.0. The molecule has 10 heteroatoms. The first-order chi connectivity index (χ1) is 20.9. The van der Waals surface area contributed by atoms with E-state index in [1.165, 1.54) is 5.56 Å². The Kier molecular flexibility index (Phi) is 11.8. The van der Waals surface area contributed by atoms with Gasteiger partial charge < -0.3 is 23.9 Å². The van der Waals surface area contributed by atoms with Crippen molar-refractivity contribution < 1.29 is 23.8 Å². The van der Waals surface area contributed by atoms with Crippen molar-refractivity contribution in [1.82, 2.24) is 14.9 Å². The molecular weight excluding hydrogens is 594 g/mol. The van der Waals surface area contributed by atoms with Crippen LogP contribution in [0.5, 0.6) is 11.6 Å². The van der Waals surface area contributed by atoms with Gasteiger partial charge in [-0.3, -0.25) is 4.79 Å². The molecule has 4 rings (SSSR count). The third kappa shape index (κ3) is 8.33. The predicted molar refractivity (Wildman–Crippen MR) is 177 cm³/mol. The van der Waals surface area contributed by atoms with Gasteiger partial charge in [0.2, 0.25) is 5.75 Å². The third-order valence-electron chi connectivity index (χ3n) is 9.85. The second-order valence-corrected chi connectivity index (χ2v) is 19.2. The number of nitrogens with zero attached hydrogens (tertiary/aromatic N) is 3. The Labute approximate surface area is 270 Å². The van der Waals surface area contributed by atoms with Gasteiger partial charge in [0, 0.05) is 42.7 Å². The van der Waals surface area contributed by atoms with Crippen LogP contribution in [0.15, 0.2) is 24.3 Å². The highest BCUT2D eigenvalue weighted by atomic mass is 35.5. The number of rotatable bonds is 13. The molecule has 1 aliphatic carbocycles. The summed E-state index contributed by atoms with van der Waals surface area (Å²) in [5, 5.41) is 12.0. The van der Waals surface area contributed by atoms with Gasteiger partial charge in [-0.1, -0.05) is 70.7 Å². The molecule has 8 nitrogen and oxygen atoms in total. The van der Waals surface area contributed by atoms with Crippen molar-refractivity contribution in [3.05, 3.63) is 46.4 Å². The zero-order valence-corrected chi connectivity index (χ0v) is 29.3. The number of aromatic nitrogens is 2. The van der Waals surface area contributed by atoms with Crippen molar-refractivity contribution in [2.24, 2.45) is 0 Å². The molecule has 0 bridgehead atoms. The molecule has 0 atom stereocenters. The molecule has 2 heterocycles. The smallest absolute Gasteiger partial charge is 0.276 e. The first-order valence-electron chi connectivity index (χ1n) is 16.4. The fourth-order valence-electron chi connectivity index (χ4n) is 6.08. The fraction of sp³-hybridized carbons (Fsp3) is 0.676. The van der Waals surface area contributed by atoms with Crippen molar-refractivity contribution in [2.75, 3.05) is 33.0 Å². The minimum absolute atomic E-state index is 0.0152. The van der Waals surface area contributed by atoms with Gasteiger partial charge in [0.1, 0.15) is 5.82 Å². The van der Waals surface area contributed by atoms with Crippen LogP contribution in [0.3, 0.4) is 0 Å². The molecule has 44 heavy (non-hydrogen) atoms. The topological polar surface area (TPSA) is 94.0 Å². The molecule has 0 radical (unpaired) electrons. The maximum absolute atomic E-state index is 14.5. The van der Waals surface area contributed by atoms with Crippen LogP contribution in [0.1, 0.15) is 101 Å². The molecule has 0 spiro atoms. The van der Waals surface area contributed by atoms with Gasteiger partial charge in [0.15, 0.2) is 14.0 Å². The molecule has 1 aromatic carbocycles. The van der Waals surface area contributed by atoms with Gasteiger partial charge in [-0.05, 0) is 67.9 Å². The Morgan fingerprint density at radius 3 is 2.39 bits per heavy atom. The number of amides is 1. The van der Waals surface area contributed by atoms with Crippen LogP contribution in [-0.2, 0) is 21.0 Å².